The van der Waals surface area contributed by atoms with Crippen LogP contribution in [0.5, 0.6) is 0 Å². The number of nitrogens with zero attached hydrogens (tertiary/aromatic N) is 3. The van der Waals surface area contributed by atoms with Gasteiger partial charge in [-0.3, -0.25) is 14.7 Å². The van der Waals surface area contributed by atoms with Gasteiger partial charge in [0.25, 0.3) is 0 Å². The molecule has 0 bridgehead atoms. The number of hydrogen-bond acceptors (Lipinski definition) is 5. The number of methoxy groups -OCH3 is 1. The molecule has 0 aliphatic carbocycles. The summed E-state index contributed by atoms with van der Waals surface area (Å²) in [5, 5.41) is 6.04. The van der Waals surface area contributed by atoms with Crippen LogP contribution in [0.3, 0.4) is 0 Å². The third-order valence-corrected chi connectivity index (χ3v) is 7.52. The number of anilines is 1. The largest absolute Gasteiger partial charge is 0.417 e. The number of ether oxygens (including phenoxy) is 1. The molecule has 1 heterocycles. The van der Waals surface area contributed by atoms with E-state index in [2.05, 4.69) is 15.9 Å². The molecule has 0 fully saturated rings. The Bertz CT molecular complexity index is 1100. The fourth-order valence-electron chi connectivity index (χ4n) is 4.25. The normalized spacial score (nSPS) is 17.9. The molecule has 1 unspecified atom stereocenters. The van der Waals surface area contributed by atoms with Gasteiger partial charge in [-0.15, -0.1) is 0 Å². The van der Waals surface area contributed by atoms with Gasteiger partial charge in [0.15, 0.2) is 0 Å². The molecule has 0 N–H and O–H groups in total. The smallest absolute Gasteiger partial charge is 0.364 e. The fraction of sp³-hybridized carbons (Fsp3) is 0.440. The van der Waals surface area contributed by atoms with Crippen molar-refractivity contribution in [1.29, 1.82) is 0 Å². The fourth-order valence-corrected chi connectivity index (χ4v) is 5.24. The number of hydrazone groups is 1. The van der Waals surface area contributed by atoms with Gasteiger partial charge in [0, 0.05) is 29.2 Å². The van der Waals surface area contributed by atoms with Crippen molar-refractivity contribution in [1.82, 2.24) is 5.01 Å². The van der Waals surface area contributed by atoms with Crippen molar-refractivity contribution in [3.8, 4) is 0 Å². The number of hydrogen-bond donors (Lipinski definition) is 0. The van der Waals surface area contributed by atoms with Crippen molar-refractivity contribution in [2.24, 2.45) is 10.5 Å². The number of alkyl halides is 3. The Labute approximate surface area is 227 Å². The standard InChI is InChI=1S/C25H28BrClF3N3O2S/c1-24(11-4-12-36-3)15-32(14-22(34)33(16-35-2)19-8-6-18(26)7-9-19)31-23(24)17-5-10-20(21(27)13-17)25(28,29)30/h5-10,13H,4,11-12,14-16H2,1-3H3. The monoisotopic (exact) mass is 605 g/mol. The maximum atomic E-state index is 13.3. The minimum absolute atomic E-state index is 0.00456. The number of thioether (sulfide) groups is 1. The maximum absolute atomic E-state index is 13.3. The third-order valence-electron chi connectivity index (χ3n) is 5.98. The van der Waals surface area contributed by atoms with Gasteiger partial charge in [-0.2, -0.15) is 30.0 Å². The van der Waals surface area contributed by atoms with Crippen LogP contribution in [0.2, 0.25) is 5.02 Å². The van der Waals surface area contributed by atoms with Crippen molar-refractivity contribution in [3.05, 3.63) is 63.1 Å². The zero-order chi connectivity index (χ0) is 26.5. The third kappa shape index (κ3) is 6.96. The van der Waals surface area contributed by atoms with Gasteiger partial charge in [0.2, 0.25) is 5.91 Å². The zero-order valence-electron chi connectivity index (χ0n) is 20.2. The van der Waals surface area contributed by atoms with Crippen molar-refractivity contribution in [3.63, 3.8) is 0 Å². The summed E-state index contributed by atoms with van der Waals surface area (Å²) in [7, 11) is 1.52. The molecular weight excluding hydrogens is 579 g/mol. The highest BCUT2D eigenvalue weighted by molar-refractivity contribution is 9.10. The molecule has 36 heavy (non-hydrogen) atoms. The Morgan fingerprint density at radius 2 is 1.97 bits per heavy atom. The van der Waals surface area contributed by atoms with E-state index in [1.807, 2.05) is 37.4 Å². The number of rotatable bonds is 10. The van der Waals surface area contributed by atoms with Crippen LogP contribution in [0.25, 0.3) is 0 Å². The Hall–Kier alpha value is -1.75. The van der Waals surface area contributed by atoms with Crippen LogP contribution < -0.4 is 4.90 Å². The predicted molar refractivity (Wildman–Crippen MR) is 144 cm³/mol. The molecule has 1 atom stereocenters. The van der Waals surface area contributed by atoms with Crippen LogP contribution >= 0.6 is 39.3 Å². The molecular formula is C25H28BrClF3N3O2S. The number of carbonyl (C=O) groups is 1. The molecule has 0 aromatic heterocycles. The molecule has 0 saturated heterocycles. The first-order valence-electron chi connectivity index (χ1n) is 11.2. The Morgan fingerprint density at radius 3 is 2.56 bits per heavy atom. The molecule has 11 heteroatoms. The van der Waals surface area contributed by atoms with E-state index < -0.39 is 17.2 Å². The van der Waals surface area contributed by atoms with Crippen molar-refractivity contribution in [2.45, 2.75) is 25.9 Å². The van der Waals surface area contributed by atoms with Crippen molar-refractivity contribution in [2.75, 3.05) is 43.8 Å². The lowest BCUT2D eigenvalue weighted by Crippen LogP contribution is -2.41. The van der Waals surface area contributed by atoms with Crippen molar-refractivity contribution < 1.29 is 22.7 Å². The quantitative estimate of drug-likeness (QED) is 0.217. The van der Waals surface area contributed by atoms with E-state index in [-0.39, 0.29) is 24.2 Å². The van der Waals surface area contributed by atoms with Gasteiger partial charge in [-0.05, 0) is 66.8 Å². The summed E-state index contributed by atoms with van der Waals surface area (Å²) >= 11 is 11.1. The van der Waals surface area contributed by atoms with E-state index >= 15 is 0 Å². The van der Waals surface area contributed by atoms with Crippen molar-refractivity contribution >= 4 is 56.6 Å². The molecule has 2 aromatic rings. The highest BCUT2D eigenvalue weighted by Crippen LogP contribution is 2.39. The summed E-state index contributed by atoms with van der Waals surface area (Å²) in [5.41, 5.74) is 0.506. The minimum Gasteiger partial charge on any atom is -0.364 e. The Balaban J connectivity index is 1.89. The van der Waals surface area contributed by atoms with E-state index in [1.165, 1.54) is 24.1 Å². The molecule has 196 valence electrons. The van der Waals surface area contributed by atoms with Crippen LogP contribution in [-0.2, 0) is 15.7 Å². The molecule has 0 radical (unpaired) electrons. The zero-order valence-corrected chi connectivity index (χ0v) is 23.4. The maximum Gasteiger partial charge on any atom is 0.417 e. The first kappa shape index (κ1) is 28.8. The van der Waals surface area contributed by atoms with Crippen LogP contribution in [0.4, 0.5) is 18.9 Å². The second kappa shape index (κ2) is 12.2. The Kier molecular flexibility index (Phi) is 9.76. The van der Waals surface area contributed by atoms with Crippen LogP contribution in [0.15, 0.2) is 52.0 Å². The van der Waals surface area contributed by atoms with Gasteiger partial charge in [-0.25, -0.2) is 0 Å². The molecule has 1 aliphatic heterocycles. The molecule has 0 spiro atoms. The van der Waals surface area contributed by atoms with Crippen LogP contribution in [0.1, 0.15) is 30.9 Å². The molecule has 2 aromatic carbocycles. The van der Waals surface area contributed by atoms with Crippen LogP contribution in [0, 0.1) is 5.41 Å². The number of carbonyl (C=O) groups excluding carboxylic acids is 1. The van der Waals surface area contributed by atoms with E-state index in [9.17, 15) is 18.0 Å². The lowest BCUT2D eigenvalue weighted by molar-refractivity contribution is -0.137. The predicted octanol–water partition coefficient (Wildman–Crippen LogP) is 6.93. The van der Waals surface area contributed by atoms with Gasteiger partial charge in [0.1, 0.15) is 13.3 Å². The molecule has 0 saturated carbocycles. The lowest BCUT2D eigenvalue weighted by Gasteiger charge is -2.28. The SMILES string of the molecule is COCN(C(=O)CN1CC(C)(CCCSC)C(c2ccc(C(F)(F)F)c(Cl)c2)=N1)c1ccc(Br)cc1. The number of halogens is 5. The summed E-state index contributed by atoms with van der Waals surface area (Å²) in [4.78, 5) is 14.8. The molecule has 5 nitrogen and oxygen atoms in total. The number of benzene rings is 2. The molecule has 3 rings (SSSR count). The van der Waals surface area contributed by atoms with E-state index in [1.54, 1.807) is 16.8 Å². The minimum atomic E-state index is -4.54. The van der Waals surface area contributed by atoms with E-state index in [0.717, 1.165) is 29.1 Å². The average Bonchev–Trinajstić information content (AvgIpc) is 3.13. The summed E-state index contributed by atoms with van der Waals surface area (Å²) in [5.74, 6) is 0.738. The first-order valence-corrected chi connectivity index (χ1v) is 13.8. The summed E-state index contributed by atoms with van der Waals surface area (Å²) in [6.45, 7) is 2.56. The lowest BCUT2D eigenvalue weighted by atomic mass is 9.78. The average molecular weight is 607 g/mol. The van der Waals surface area contributed by atoms with Gasteiger partial charge in [0.05, 0.1) is 16.3 Å². The van der Waals surface area contributed by atoms with Gasteiger partial charge in [-0.1, -0.05) is 40.5 Å². The van der Waals surface area contributed by atoms with E-state index in [0.29, 0.717) is 23.5 Å². The summed E-state index contributed by atoms with van der Waals surface area (Å²) in [6.07, 6.45) is -0.837. The summed E-state index contributed by atoms with van der Waals surface area (Å²) in [6, 6.07) is 11.0. The van der Waals surface area contributed by atoms with Gasteiger partial charge >= 0.3 is 6.18 Å². The summed E-state index contributed by atoms with van der Waals surface area (Å²) < 4.78 is 45.9. The highest BCUT2D eigenvalue weighted by atomic mass is 79.9. The number of amides is 1. The molecule has 1 aliphatic rings. The van der Waals surface area contributed by atoms with E-state index in [4.69, 9.17) is 21.4 Å². The first-order chi connectivity index (χ1) is 17.0. The second-order valence-corrected chi connectivity index (χ2v) is 11.1. The molecule has 1 amide bonds. The second-order valence-electron chi connectivity index (χ2n) is 8.84. The Morgan fingerprint density at radius 1 is 1.28 bits per heavy atom. The van der Waals surface area contributed by atoms with Gasteiger partial charge < -0.3 is 4.74 Å². The topological polar surface area (TPSA) is 45.1 Å². The highest BCUT2D eigenvalue weighted by Gasteiger charge is 2.41. The van der Waals surface area contributed by atoms with Crippen LogP contribution in [-0.4, -0.2) is 55.6 Å².